The molecule has 0 aliphatic carbocycles. The van der Waals surface area contributed by atoms with Crippen LogP contribution in [0.2, 0.25) is 5.02 Å². The number of piperidine rings is 1. The van der Waals surface area contributed by atoms with E-state index in [9.17, 15) is 9.59 Å². The molecule has 2 saturated heterocycles. The van der Waals surface area contributed by atoms with Gasteiger partial charge in [-0.05, 0) is 81.9 Å². The number of fused-ring (bicyclic) bond motifs is 1. The molecule has 9 heteroatoms. The van der Waals surface area contributed by atoms with Gasteiger partial charge in [-0.15, -0.1) is 11.8 Å². The number of halogens is 2. The number of carbonyl (C=O) groups excluding carboxylic acids is 2. The first-order valence-electron chi connectivity index (χ1n) is 14.3. The van der Waals surface area contributed by atoms with Crippen LogP contribution in [-0.4, -0.2) is 57.5 Å². The third-order valence-electron chi connectivity index (χ3n) is 8.48. The summed E-state index contributed by atoms with van der Waals surface area (Å²) in [4.78, 5) is 37.4. The summed E-state index contributed by atoms with van der Waals surface area (Å²) < 4.78 is -0.106. The average Bonchev–Trinajstić information content (AvgIpc) is 3.50. The molecule has 0 saturated carbocycles. The number of rotatable bonds is 7. The Labute approximate surface area is 264 Å². The molecule has 2 aliphatic heterocycles. The highest BCUT2D eigenvalue weighted by Crippen LogP contribution is 2.54. The fourth-order valence-electron chi connectivity index (χ4n) is 6.17. The van der Waals surface area contributed by atoms with E-state index in [1.165, 1.54) is 11.8 Å². The summed E-state index contributed by atoms with van der Waals surface area (Å²) in [6.45, 7) is 4.32. The summed E-state index contributed by atoms with van der Waals surface area (Å²) in [6, 6.07) is 21.5. The zero-order valence-corrected chi connectivity index (χ0v) is 26.9. The number of aromatic amines is 1. The molecule has 1 aromatic heterocycles. The molecule has 4 aromatic rings. The number of carbonyl (C=O) groups is 2. The number of aromatic nitrogens is 1. The van der Waals surface area contributed by atoms with Crippen molar-refractivity contribution in [3.8, 4) is 0 Å². The number of aryl methyl sites for hydroxylation is 1. The Hall–Kier alpha value is -2.78. The van der Waals surface area contributed by atoms with E-state index in [0.717, 1.165) is 62.9 Å². The van der Waals surface area contributed by atoms with Crippen LogP contribution in [0, 0.1) is 6.92 Å². The Bertz CT molecular complexity index is 1600. The van der Waals surface area contributed by atoms with E-state index in [1.807, 2.05) is 53.6 Å². The number of thioether (sulfide) groups is 1. The molecular formula is C33H34BrClN4O2S. The molecule has 42 heavy (non-hydrogen) atoms. The minimum Gasteiger partial charge on any atom is -0.361 e. The molecule has 2 aliphatic rings. The molecule has 0 bridgehead atoms. The van der Waals surface area contributed by atoms with Crippen molar-refractivity contribution in [3.63, 3.8) is 0 Å². The van der Waals surface area contributed by atoms with Crippen LogP contribution in [-0.2, 0) is 16.1 Å². The van der Waals surface area contributed by atoms with E-state index in [0.29, 0.717) is 11.6 Å². The van der Waals surface area contributed by atoms with Crippen LogP contribution in [0.15, 0.2) is 82.3 Å². The summed E-state index contributed by atoms with van der Waals surface area (Å²) in [5, 5.41) is 5.00. The molecule has 2 amide bonds. The van der Waals surface area contributed by atoms with Crippen LogP contribution in [0.1, 0.15) is 42.0 Å². The van der Waals surface area contributed by atoms with Gasteiger partial charge in [-0.1, -0.05) is 63.4 Å². The topological polar surface area (TPSA) is 68.4 Å². The lowest BCUT2D eigenvalue weighted by Gasteiger charge is -2.38. The van der Waals surface area contributed by atoms with E-state index in [4.69, 9.17) is 11.6 Å². The molecule has 0 radical (unpaired) electrons. The standard InChI is InChI=1S/C33H34BrClN4O2S/c1-21-3-10-26(11-4-21)42-33(32(41)37-25-13-15-38(2)16-14-25)18-30(40)39(20-22-5-7-23(34)8-6-22)31(33)28-19-36-29-17-24(35)9-12-27(28)29/h3-12,17,19,25,31,36H,13-16,18,20H2,1-2H3,(H,37,41)/t31-,33-/m0/s1. The number of benzene rings is 3. The lowest BCUT2D eigenvalue weighted by Crippen LogP contribution is -2.53. The largest absolute Gasteiger partial charge is 0.361 e. The summed E-state index contributed by atoms with van der Waals surface area (Å²) in [5.74, 6) is -0.119. The van der Waals surface area contributed by atoms with Gasteiger partial charge in [0.05, 0.1) is 12.5 Å². The minimum atomic E-state index is -1.08. The molecule has 3 aromatic carbocycles. The molecule has 6 nitrogen and oxygen atoms in total. The van der Waals surface area contributed by atoms with Gasteiger partial charge in [0, 0.05) is 49.6 Å². The zero-order valence-electron chi connectivity index (χ0n) is 23.7. The van der Waals surface area contributed by atoms with Gasteiger partial charge in [0.2, 0.25) is 11.8 Å². The van der Waals surface area contributed by atoms with Gasteiger partial charge in [0.1, 0.15) is 4.75 Å². The number of amides is 2. The lowest BCUT2D eigenvalue weighted by molar-refractivity contribution is -0.129. The van der Waals surface area contributed by atoms with Crippen molar-refractivity contribution in [2.24, 2.45) is 0 Å². The van der Waals surface area contributed by atoms with E-state index >= 15 is 0 Å². The summed E-state index contributed by atoms with van der Waals surface area (Å²) in [6.07, 6.45) is 3.83. The van der Waals surface area contributed by atoms with Crippen molar-refractivity contribution >= 4 is 62.0 Å². The maximum absolute atomic E-state index is 14.7. The van der Waals surface area contributed by atoms with Gasteiger partial charge in [-0.3, -0.25) is 9.59 Å². The molecule has 2 fully saturated rings. The lowest BCUT2D eigenvalue weighted by atomic mass is 9.90. The van der Waals surface area contributed by atoms with Crippen LogP contribution >= 0.6 is 39.3 Å². The second kappa shape index (κ2) is 12.1. The first kappa shape index (κ1) is 29.3. The fourth-order valence-corrected chi connectivity index (χ4v) is 8.01. The molecule has 2 N–H and O–H groups in total. The van der Waals surface area contributed by atoms with Crippen molar-refractivity contribution in [3.05, 3.63) is 99.1 Å². The highest BCUT2D eigenvalue weighted by molar-refractivity contribution is 9.10. The highest BCUT2D eigenvalue weighted by Gasteiger charge is 2.58. The van der Waals surface area contributed by atoms with Crippen LogP contribution in [0.25, 0.3) is 10.9 Å². The fraction of sp³-hybridized carbons (Fsp3) is 0.333. The Morgan fingerprint density at radius 2 is 1.81 bits per heavy atom. The molecule has 6 rings (SSSR count). The van der Waals surface area contributed by atoms with Crippen molar-refractivity contribution in [2.75, 3.05) is 20.1 Å². The zero-order chi connectivity index (χ0) is 29.4. The molecule has 0 unspecified atom stereocenters. The predicted molar refractivity (Wildman–Crippen MR) is 174 cm³/mol. The monoisotopic (exact) mass is 664 g/mol. The van der Waals surface area contributed by atoms with Crippen LogP contribution < -0.4 is 5.32 Å². The van der Waals surface area contributed by atoms with Crippen LogP contribution in [0.5, 0.6) is 0 Å². The summed E-state index contributed by atoms with van der Waals surface area (Å²) in [7, 11) is 2.11. The molecular weight excluding hydrogens is 632 g/mol. The Morgan fingerprint density at radius 1 is 1.10 bits per heavy atom. The van der Waals surface area contributed by atoms with Crippen LogP contribution in [0.3, 0.4) is 0 Å². The average molecular weight is 666 g/mol. The first-order valence-corrected chi connectivity index (χ1v) is 16.3. The molecule has 0 spiro atoms. The smallest absolute Gasteiger partial charge is 0.239 e. The molecule has 2 atom stereocenters. The van der Waals surface area contributed by atoms with E-state index in [1.54, 1.807) is 0 Å². The predicted octanol–water partition coefficient (Wildman–Crippen LogP) is 7.11. The van der Waals surface area contributed by atoms with Crippen molar-refractivity contribution in [1.82, 2.24) is 20.1 Å². The quantitative estimate of drug-likeness (QED) is 0.221. The van der Waals surface area contributed by atoms with Gasteiger partial charge in [0.15, 0.2) is 0 Å². The molecule has 3 heterocycles. The number of H-pyrrole nitrogens is 1. The minimum absolute atomic E-state index is 0.0376. The van der Waals surface area contributed by atoms with Crippen molar-refractivity contribution < 1.29 is 9.59 Å². The Kier molecular flexibility index (Phi) is 8.42. The van der Waals surface area contributed by atoms with Gasteiger partial charge in [-0.25, -0.2) is 0 Å². The Morgan fingerprint density at radius 3 is 2.52 bits per heavy atom. The number of nitrogens with one attached hydrogen (secondary N) is 2. The van der Waals surface area contributed by atoms with Crippen molar-refractivity contribution in [2.45, 2.75) is 54.5 Å². The maximum atomic E-state index is 14.7. The van der Waals surface area contributed by atoms with Gasteiger partial charge in [-0.2, -0.15) is 0 Å². The number of hydrogen-bond donors (Lipinski definition) is 2. The Balaban J connectivity index is 1.48. The number of nitrogens with zero attached hydrogens (tertiary/aromatic N) is 2. The number of hydrogen-bond acceptors (Lipinski definition) is 4. The van der Waals surface area contributed by atoms with Gasteiger partial charge in [0.25, 0.3) is 0 Å². The highest BCUT2D eigenvalue weighted by atomic mass is 79.9. The molecule has 218 valence electrons. The van der Waals surface area contributed by atoms with Gasteiger partial charge < -0.3 is 20.1 Å². The first-order chi connectivity index (χ1) is 20.2. The maximum Gasteiger partial charge on any atom is 0.239 e. The third-order valence-corrected chi connectivity index (χ3v) is 10.7. The number of likely N-dealkylation sites (tertiary alicyclic amines) is 2. The second-order valence-corrected chi connectivity index (χ2v) is 14.3. The van der Waals surface area contributed by atoms with Gasteiger partial charge >= 0.3 is 0 Å². The second-order valence-electron chi connectivity index (χ2n) is 11.5. The van der Waals surface area contributed by atoms with Crippen LogP contribution in [0.4, 0.5) is 0 Å². The summed E-state index contributed by atoms with van der Waals surface area (Å²) in [5.41, 5.74) is 3.95. The van der Waals surface area contributed by atoms with E-state index < -0.39 is 10.8 Å². The third kappa shape index (κ3) is 5.87. The van der Waals surface area contributed by atoms with Crippen molar-refractivity contribution in [1.29, 1.82) is 0 Å². The van der Waals surface area contributed by atoms with E-state index in [-0.39, 0.29) is 24.3 Å². The SMILES string of the molecule is Cc1ccc(S[C@@]2(C(=O)NC3CCN(C)CC3)CC(=O)N(Cc3ccc(Br)cc3)[C@H]2c2c[nH]c3cc(Cl)ccc23)cc1. The normalized spacial score (nSPS) is 21.8. The summed E-state index contributed by atoms with van der Waals surface area (Å²) >= 11 is 11.4. The van der Waals surface area contributed by atoms with E-state index in [2.05, 4.69) is 69.4 Å².